The zero-order chi connectivity index (χ0) is 22.1. The third-order valence-electron chi connectivity index (χ3n) is 4.40. The topological polar surface area (TPSA) is 161 Å². The Balaban J connectivity index is 1.74. The van der Waals surface area contributed by atoms with Crippen molar-refractivity contribution in [3.8, 4) is 5.75 Å². The molecule has 0 spiro atoms. The van der Waals surface area contributed by atoms with E-state index in [9.17, 15) is 21.6 Å². The van der Waals surface area contributed by atoms with Gasteiger partial charge in [-0.3, -0.25) is 4.79 Å². The quantitative estimate of drug-likeness (QED) is 0.501. The van der Waals surface area contributed by atoms with Crippen molar-refractivity contribution in [2.75, 3.05) is 32.5 Å². The molecule has 164 valence electrons. The summed E-state index contributed by atoms with van der Waals surface area (Å²) in [5.74, 6) is -0.389. The third kappa shape index (κ3) is 4.57. The van der Waals surface area contributed by atoms with Crippen molar-refractivity contribution in [1.29, 1.82) is 0 Å². The SMILES string of the molecule is COc1ccc(S(=O)(=O)NC(=O)C2CN(S(=O)(=O)c3sc(N)nc3C)CCN2)cc1. The average molecular weight is 476 g/mol. The molecule has 0 radical (unpaired) electrons. The summed E-state index contributed by atoms with van der Waals surface area (Å²) in [5.41, 5.74) is 5.87. The number of anilines is 1. The lowest BCUT2D eigenvalue weighted by atomic mass is 10.2. The van der Waals surface area contributed by atoms with Gasteiger partial charge in [0, 0.05) is 19.6 Å². The molecule has 0 aliphatic carbocycles. The number of ether oxygens (including phenoxy) is 1. The van der Waals surface area contributed by atoms with E-state index in [-0.39, 0.29) is 39.6 Å². The fourth-order valence-corrected chi connectivity index (χ4v) is 6.80. The van der Waals surface area contributed by atoms with E-state index in [1.807, 2.05) is 4.72 Å². The Morgan fingerprint density at radius 1 is 1.30 bits per heavy atom. The summed E-state index contributed by atoms with van der Waals surface area (Å²) in [7, 11) is -6.60. The molecular formula is C16H21N5O6S3. The largest absolute Gasteiger partial charge is 0.497 e. The number of hydrogen-bond donors (Lipinski definition) is 3. The van der Waals surface area contributed by atoms with Crippen molar-refractivity contribution in [3.05, 3.63) is 30.0 Å². The zero-order valence-corrected chi connectivity index (χ0v) is 18.6. The number of piperazine rings is 1. The second kappa shape index (κ2) is 8.47. The maximum atomic E-state index is 12.9. The van der Waals surface area contributed by atoms with Crippen LogP contribution in [-0.4, -0.2) is 64.8 Å². The van der Waals surface area contributed by atoms with Crippen LogP contribution < -0.4 is 20.5 Å². The first-order valence-electron chi connectivity index (χ1n) is 8.72. The normalized spacial score (nSPS) is 18.1. The highest BCUT2D eigenvalue weighted by Gasteiger charge is 2.36. The lowest BCUT2D eigenvalue weighted by molar-refractivity contribution is -0.121. The molecule has 1 saturated heterocycles. The van der Waals surface area contributed by atoms with Crippen molar-refractivity contribution in [2.24, 2.45) is 0 Å². The summed E-state index contributed by atoms with van der Waals surface area (Å²) in [5, 5.41) is 2.97. The fraction of sp³-hybridized carbons (Fsp3) is 0.375. The Kier molecular flexibility index (Phi) is 6.33. The number of aromatic nitrogens is 1. The van der Waals surface area contributed by atoms with Crippen LogP contribution in [0.2, 0.25) is 0 Å². The molecular weight excluding hydrogens is 454 g/mol. The van der Waals surface area contributed by atoms with Crippen molar-refractivity contribution in [2.45, 2.75) is 22.1 Å². The Hall–Kier alpha value is -2.26. The Labute approximate surface area is 178 Å². The number of benzene rings is 1. The number of carbonyl (C=O) groups excluding carboxylic acids is 1. The number of carbonyl (C=O) groups is 1. The summed E-state index contributed by atoms with van der Waals surface area (Å²) in [4.78, 5) is 16.4. The molecule has 2 heterocycles. The molecule has 1 aromatic carbocycles. The zero-order valence-electron chi connectivity index (χ0n) is 16.2. The Bertz CT molecular complexity index is 1140. The molecule has 30 heavy (non-hydrogen) atoms. The number of aryl methyl sites for hydroxylation is 1. The lowest BCUT2D eigenvalue weighted by Gasteiger charge is -2.31. The minimum atomic E-state index is -4.13. The molecule has 2 aromatic rings. The van der Waals surface area contributed by atoms with Gasteiger partial charge in [-0.15, -0.1) is 0 Å². The molecule has 1 aromatic heterocycles. The smallest absolute Gasteiger partial charge is 0.264 e. The van der Waals surface area contributed by atoms with E-state index < -0.39 is 32.0 Å². The number of nitrogens with two attached hydrogens (primary N) is 1. The molecule has 1 aliphatic rings. The van der Waals surface area contributed by atoms with Gasteiger partial charge in [0.2, 0.25) is 0 Å². The summed E-state index contributed by atoms with van der Waals surface area (Å²) in [6.45, 7) is 1.60. The molecule has 1 atom stereocenters. The van der Waals surface area contributed by atoms with Crippen LogP contribution in [0.3, 0.4) is 0 Å². The van der Waals surface area contributed by atoms with Gasteiger partial charge < -0.3 is 15.8 Å². The molecule has 1 fully saturated rings. The first-order valence-corrected chi connectivity index (χ1v) is 12.5. The van der Waals surface area contributed by atoms with Crippen LogP contribution in [0.15, 0.2) is 33.4 Å². The number of thiazole rings is 1. The molecule has 1 aliphatic heterocycles. The minimum absolute atomic E-state index is 0.00640. The summed E-state index contributed by atoms with van der Waals surface area (Å²) < 4.78 is 58.9. The van der Waals surface area contributed by atoms with E-state index in [1.165, 1.54) is 38.3 Å². The molecule has 4 N–H and O–H groups in total. The van der Waals surface area contributed by atoms with E-state index in [1.54, 1.807) is 0 Å². The van der Waals surface area contributed by atoms with Gasteiger partial charge in [-0.05, 0) is 31.2 Å². The van der Waals surface area contributed by atoms with Crippen LogP contribution in [0, 0.1) is 6.92 Å². The van der Waals surface area contributed by atoms with E-state index in [0.717, 1.165) is 15.6 Å². The first-order chi connectivity index (χ1) is 14.0. The van der Waals surface area contributed by atoms with Crippen molar-refractivity contribution >= 4 is 42.4 Å². The predicted molar refractivity (Wildman–Crippen MR) is 110 cm³/mol. The number of methoxy groups -OCH3 is 1. The molecule has 3 rings (SSSR count). The van der Waals surface area contributed by atoms with Gasteiger partial charge in [0.1, 0.15) is 11.8 Å². The van der Waals surface area contributed by atoms with Crippen molar-refractivity contribution in [1.82, 2.24) is 19.3 Å². The van der Waals surface area contributed by atoms with Gasteiger partial charge >= 0.3 is 0 Å². The van der Waals surface area contributed by atoms with Gasteiger partial charge in [0.15, 0.2) is 9.34 Å². The number of nitrogens with zero attached hydrogens (tertiary/aromatic N) is 2. The first kappa shape index (κ1) is 22.4. The number of rotatable bonds is 6. The molecule has 0 saturated carbocycles. The lowest BCUT2D eigenvalue weighted by Crippen LogP contribution is -2.58. The van der Waals surface area contributed by atoms with E-state index in [2.05, 4.69) is 10.3 Å². The highest BCUT2D eigenvalue weighted by atomic mass is 32.2. The van der Waals surface area contributed by atoms with E-state index >= 15 is 0 Å². The highest BCUT2D eigenvalue weighted by molar-refractivity contribution is 7.91. The number of hydrogen-bond acceptors (Lipinski definition) is 10. The Morgan fingerprint density at radius 3 is 2.53 bits per heavy atom. The average Bonchev–Trinajstić information content (AvgIpc) is 3.06. The molecule has 14 heteroatoms. The minimum Gasteiger partial charge on any atom is -0.497 e. The number of amides is 1. The van der Waals surface area contributed by atoms with Crippen LogP contribution in [0.25, 0.3) is 0 Å². The summed E-state index contributed by atoms with van der Waals surface area (Å²) in [6.07, 6.45) is 0. The van der Waals surface area contributed by atoms with Gasteiger partial charge in [-0.2, -0.15) is 4.31 Å². The van der Waals surface area contributed by atoms with Crippen LogP contribution in [0.1, 0.15) is 5.69 Å². The standard InChI is InChI=1S/C16H21N5O6S3/c1-10-15(28-16(17)19-10)30(25,26)21-8-7-18-13(9-21)14(22)20-29(23,24)12-5-3-11(27-2)4-6-12/h3-6,13,18H,7-9H2,1-2H3,(H2,17,19)(H,20,22). The predicted octanol–water partition coefficient (Wildman–Crippen LogP) is -0.490. The van der Waals surface area contributed by atoms with Crippen LogP contribution >= 0.6 is 11.3 Å². The third-order valence-corrected chi connectivity index (χ3v) is 9.21. The fourth-order valence-electron chi connectivity index (χ4n) is 2.89. The molecule has 11 nitrogen and oxygen atoms in total. The van der Waals surface area contributed by atoms with Gasteiger partial charge in [0.25, 0.3) is 26.0 Å². The van der Waals surface area contributed by atoms with Gasteiger partial charge in [-0.25, -0.2) is 26.5 Å². The van der Waals surface area contributed by atoms with Gasteiger partial charge in [0.05, 0.1) is 17.7 Å². The van der Waals surface area contributed by atoms with E-state index in [4.69, 9.17) is 10.5 Å². The Morgan fingerprint density at radius 2 is 1.97 bits per heavy atom. The second-order valence-corrected chi connectivity index (χ2v) is 11.3. The van der Waals surface area contributed by atoms with Crippen molar-refractivity contribution in [3.63, 3.8) is 0 Å². The molecule has 1 amide bonds. The van der Waals surface area contributed by atoms with Crippen LogP contribution in [0.5, 0.6) is 5.75 Å². The number of sulfonamides is 2. The highest BCUT2D eigenvalue weighted by Crippen LogP contribution is 2.28. The number of nitrogen functional groups attached to an aromatic ring is 1. The second-order valence-electron chi connectivity index (χ2n) is 6.44. The molecule has 0 bridgehead atoms. The van der Waals surface area contributed by atoms with E-state index in [0.29, 0.717) is 5.75 Å². The molecule has 1 unspecified atom stereocenters. The monoisotopic (exact) mass is 475 g/mol. The van der Waals surface area contributed by atoms with Gasteiger partial charge in [-0.1, -0.05) is 11.3 Å². The van der Waals surface area contributed by atoms with Crippen molar-refractivity contribution < 1.29 is 26.4 Å². The van der Waals surface area contributed by atoms with Crippen LogP contribution in [-0.2, 0) is 24.8 Å². The maximum Gasteiger partial charge on any atom is 0.264 e. The van der Waals surface area contributed by atoms with Crippen LogP contribution in [0.4, 0.5) is 5.13 Å². The number of nitrogens with one attached hydrogen (secondary N) is 2. The summed E-state index contributed by atoms with van der Waals surface area (Å²) in [6, 6.07) is 4.46. The summed E-state index contributed by atoms with van der Waals surface area (Å²) >= 11 is 0.845. The maximum absolute atomic E-state index is 12.9.